The first-order valence-electron chi connectivity index (χ1n) is 9.20. The smallest absolute Gasteiger partial charge is 0.168 e. The highest BCUT2D eigenvalue weighted by Gasteiger charge is 2.07. The summed E-state index contributed by atoms with van der Waals surface area (Å²) in [5.74, 6) is 0.531. The standard InChI is InChI=1S/C23H17Cl4NO3/c24-18-5-1-16(21(26)11-18)13-30-20-7-3-15(4-8-20)23(29)9-10-28-31-14-17-2-6-19(25)12-22(17)27/h1-8,10-12H,9,13-14H2/b28-10+. The summed E-state index contributed by atoms with van der Waals surface area (Å²) in [6.07, 6.45) is 1.52. The van der Waals surface area contributed by atoms with Gasteiger partial charge in [-0.15, -0.1) is 0 Å². The van der Waals surface area contributed by atoms with Crippen molar-refractivity contribution in [3.63, 3.8) is 0 Å². The van der Waals surface area contributed by atoms with Gasteiger partial charge in [0.15, 0.2) is 5.78 Å². The molecule has 0 heterocycles. The van der Waals surface area contributed by atoms with Gasteiger partial charge in [-0.25, -0.2) is 0 Å². The second kappa shape index (κ2) is 11.4. The second-order valence-corrected chi connectivity index (χ2v) is 8.16. The quantitative estimate of drug-likeness (QED) is 0.173. The zero-order valence-electron chi connectivity index (χ0n) is 16.2. The summed E-state index contributed by atoms with van der Waals surface area (Å²) in [4.78, 5) is 17.5. The van der Waals surface area contributed by atoms with Gasteiger partial charge in [-0.3, -0.25) is 4.79 Å². The van der Waals surface area contributed by atoms with Crippen LogP contribution in [0.2, 0.25) is 20.1 Å². The predicted molar refractivity (Wildman–Crippen MR) is 126 cm³/mol. The fraction of sp³-hybridized carbons (Fsp3) is 0.130. The molecule has 0 fully saturated rings. The number of ether oxygens (including phenoxy) is 1. The highest BCUT2D eigenvalue weighted by molar-refractivity contribution is 6.35. The van der Waals surface area contributed by atoms with E-state index >= 15 is 0 Å². The van der Waals surface area contributed by atoms with Crippen LogP contribution in [-0.4, -0.2) is 12.0 Å². The van der Waals surface area contributed by atoms with Gasteiger partial charge in [0.2, 0.25) is 0 Å². The van der Waals surface area contributed by atoms with E-state index in [1.54, 1.807) is 54.6 Å². The third-order valence-corrected chi connectivity index (χ3v) is 5.42. The molecular formula is C23H17Cl4NO3. The number of halogens is 4. The maximum absolute atomic E-state index is 12.3. The Balaban J connectivity index is 1.45. The average Bonchev–Trinajstić information content (AvgIpc) is 2.74. The lowest BCUT2D eigenvalue weighted by atomic mass is 10.1. The minimum Gasteiger partial charge on any atom is -0.489 e. The molecule has 0 spiro atoms. The van der Waals surface area contributed by atoms with Crippen molar-refractivity contribution >= 4 is 58.4 Å². The Labute approximate surface area is 200 Å². The number of nitrogens with zero attached hydrogens (tertiary/aromatic N) is 1. The van der Waals surface area contributed by atoms with Crippen molar-refractivity contribution in [1.29, 1.82) is 0 Å². The summed E-state index contributed by atoms with van der Waals surface area (Å²) in [5, 5.41) is 5.96. The van der Waals surface area contributed by atoms with Gasteiger partial charge in [-0.2, -0.15) is 0 Å². The fourth-order valence-corrected chi connectivity index (χ4v) is 3.50. The molecule has 0 amide bonds. The van der Waals surface area contributed by atoms with E-state index in [0.29, 0.717) is 38.0 Å². The number of benzene rings is 3. The summed E-state index contributed by atoms with van der Waals surface area (Å²) in [6.45, 7) is 0.481. The van der Waals surface area contributed by atoms with Gasteiger partial charge in [0, 0.05) is 43.2 Å². The molecule has 0 aromatic heterocycles. The molecule has 0 unspecified atom stereocenters. The molecule has 0 aliphatic rings. The largest absolute Gasteiger partial charge is 0.489 e. The molecular weight excluding hydrogens is 480 g/mol. The molecule has 8 heteroatoms. The number of carbonyl (C=O) groups excluding carboxylic acids is 1. The molecule has 0 atom stereocenters. The molecule has 31 heavy (non-hydrogen) atoms. The summed E-state index contributed by atoms with van der Waals surface area (Å²) < 4.78 is 5.72. The minimum atomic E-state index is -0.0934. The first kappa shape index (κ1) is 23.4. The van der Waals surface area contributed by atoms with Crippen LogP contribution in [0.4, 0.5) is 0 Å². The molecule has 0 bridgehead atoms. The fourth-order valence-electron chi connectivity index (χ4n) is 2.57. The van der Waals surface area contributed by atoms with E-state index in [1.165, 1.54) is 6.21 Å². The van der Waals surface area contributed by atoms with Gasteiger partial charge in [-0.1, -0.05) is 63.7 Å². The molecule has 3 aromatic carbocycles. The Kier molecular flexibility index (Phi) is 8.61. The Morgan fingerprint density at radius 2 is 1.39 bits per heavy atom. The molecule has 3 rings (SSSR count). The van der Waals surface area contributed by atoms with Crippen molar-refractivity contribution in [2.75, 3.05) is 0 Å². The summed E-state index contributed by atoms with van der Waals surface area (Å²) >= 11 is 23.9. The average molecular weight is 497 g/mol. The van der Waals surface area contributed by atoms with Crippen LogP contribution < -0.4 is 4.74 Å². The summed E-state index contributed by atoms with van der Waals surface area (Å²) in [6, 6.07) is 17.2. The Bertz CT molecular complexity index is 1080. The number of ketones is 1. The lowest BCUT2D eigenvalue weighted by Crippen LogP contribution is -2.01. The van der Waals surface area contributed by atoms with Crippen molar-refractivity contribution < 1.29 is 14.4 Å². The van der Waals surface area contributed by atoms with Crippen LogP contribution in [0.25, 0.3) is 0 Å². The highest BCUT2D eigenvalue weighted by atomic mass is 35.5. The van der Waals surface area contributed by atoms with Crippen LogP contribution >= 0.6 is 46.4 Å². The van der Waals surface area contributed by atoms with Crippen LogP contribution in [0.5, 0.6) is 5.75 Å². The number of oxime groups is 1. The molecule has 160 valence electrons. The van der Waals surface area contributed by atoms with Gasteiger partial charge in [0.1, 0.15) is 19.0 Å². The Hall–Kier alpha value is -2.24. The maximum Gasteiger partial charge on any atom is 0.168 e. The maximum atomic E-state index is 12.3. The van der Waals surface area contributed by atoms with E-state index in [0.717, 1.165) is 11.1 Å². The van der Waals surface area contributed by atoms with E-state index in [9.17, 15) is 4.79 Å². The van der Waals surface area contributed by atoms with Gasteiger partial charge >= 0.3 is 0 Å². The Morgan fingerprint density at radius 3 is 1.97 bits per heavy atom. The molecule has 0 N–H and O–H groups in total. The molecule has 0 saturated heterocycles. The second-order valence-electron chi connectivity index (χ2n) is 6.47. The van der Waals surface area contributed by atoms with Crippen LogP contribution in [0.3, 0.4) is 0 Å². The first-order chi connectivity index (χ1) is 14.9. The predicted octanol–water partition coefficient (Wildman–Crippen LogP) is 7.65. The van der Waals surface area contributed by atoms with Crippen molar-refractivity contribution in [3.05, 3.63) is 97.4 Å². The van der Waals surface area contributed by atoms with Crippen molar-refractivity contribution in [3.8, 4) is 5.75 Å². The van der Waals surface area contributed by atoms with E-state index in [1.807, 2.05) is 6.07 Å². The van der Waals surface area contributed by atoms with E-state index in [-0.39, 0.29) is 18.8 Å². The van der Waals surface area contributed by atoms with E-state index < -0.39 is 0 Å². The van der Waals surface area contributed by atoms with Crippen LogP contribution in [0.1, 0.15) is 27.9 Å². The summed E-state index contributed by atoms with van der Waals surface area (Å²) in [7, 11) is 0. The van der Waals surface area contributed by atoms with Gasteiger partial charge < -0.3 is 9.57 Å². The molecule has 4 nitrogen and oxygen atoms in total. The lowest BCUT2D eigenvalue weighted by Gasteiger charge is -2.08. The molecule has 0 saturated carbocycles. The summed E-state index contributed by atoms with van der Waals surface area (Å²) in [5.41, 5.74) is 2.12. The molecule has 0 aliphatic heterocycles. The number of Topliss-reactive ketones (excluding diaryl/α,β-unsaturated/α-hetero) is 1. The van der Waals surface area contributed by atoms with E-state index in [4.69, 9.17) is 56.0 Å². The Morgan fingerprint density at radius 1 is 0.806 bits per heavy atom. The molecule has 3 aromatic rings. The third kappa shape index (κ3) is 7.15. The van der Waals surface area contributed by atoms with Crippen LogP contribution in [0.15, 0.2) is 65.8 Å². The lowest BCUT2D eigenvalue weighted by molar-refractivity contribution is 0.0996. The van der Waals surface area contributed by atoms with Crippen molar-refractivity contribution in [2.24, 2.45) is 5.16 Å². The zero-order chi connectivity index (χ0) is 22.2. The molecule has 0 radical (unpaired) electrons. The zero-order valence-corrected chi connectivity index (χ0v) is 19.2. The number of hydrogen-bond donors (Lipinski definition) is 0. The van der Waals surface area contributed by atoms with Crippen LogP contribution in [0, 0.1) is 0 Å². The third-order valence-electron chi connectivity index (χ3n) is 4.25. The number of hydrogen-bond acceptors (Lipinski definition) is 4. The number of rotatable bonds is 9. The van der Waals surface area contributed by atoms with Gasteiger partial charge in [0.25, 0.3) is 0 Å². The highest BCUT2D eigenvalue weighted by Crippen LogP contribution is 2.23. The number of carbonyl (C=O) groups is 1. The monoisotopic (exact) mass is 495 g/mol. The topological polar surface area (TPSA) is 47.9 Å². The van der Waals surface area contributed by atoms with Gasteiger partial charge in [0.05, 0.1) is 6.21 Å². The van der Waals surface area contributed by atoms with Crippen LogP contribution in [-0.2, 0) is 18.1 Å². The van der Waals surface area contributed by atoms with Crippen molar-refractivity contribution in [1.82, 2.24) is 0 Å². The normalized spacial score (nSPS) is 11.0. The van der Waals surface area contributed by atoms with Crippen molar-refractivity contribution in [2.45, 2.75) is 19.6 Å². The minimum absolute atomic E-state index is 0.0934. The van der Waals surface area contributed by atoms with E-state index in [2.05, 4.69) is 5.16 Å². The van der Waals surface area contributed by atoms with Gasteiger partial charge in [-0.05, 0) is 48.5 Å². The first-order valence-corrected chi connectivity index (χ1v) is 10.7. The molecule has 0 aliphatic carbocycles. The SMILES string of the molecule is O=C(C/C=N/OCc1ccc(Cl)cc1Cl)c1ccc(OCc2ccc(Cl)cc2Cl)cc1.